The Morgan fingerprint density at radius 3 is 2.74 bits per heavy atom. The average molecular weight is 265 g/mol. The van der Waals surface area contributed by atoms with Crippen molar-refractivity contribution in [3.63, 3.8) is 0 Å². The molecule has 0 bridgehead atoms. The average Bonchev–Trinajstić information content (AvgIpc) is 2.95. The molecule has 0 N–H and O–H groups in total. The van der Waals surface area contributed by atoms with E-state index in [-0.39, 0.29) is 12.4 Å². The first-order chi connectivity index (χ1) is 9.01. The van der Waals surface area contributed by atoms with Crippen LogP contribution in [0.1, 0.15) is 16.1 Å². The van der Waals surface area contributed by atoms with Gasteiger partial charge in [0.2, 0.25) is 5.69 Å². The summed E-state index contributed by atoms with van der Waals surface area (Å²) in [5.41, 5.74) is 0.238. The second-order valence-electron chi connectivity index (χ2n) is 3.85. The molecule has 100 valence electrons. The fourth-order valence-corrected chi connectivity index (χ4v) is 1.55. The standard InChI is InChI=1S/C10H11N5O4/c1-7-3-11-13(4-7)6-14-5-8(15(17)18)9(12-14)10(16)19-2/h3-5H,6H2,1-2H3. The maximum atomic E-state index is 11.4. The van der Waals surface area contributed by atoms with Crippen molar-refractivity contribution in [2.45, 2.75) is 13.6 Å². The summed E-state index contributed by atoms with van der Waals surface area (Å²) in [6.07, 6.45) is 4.58. The summed E-state index contributed by atoms with van der Waals surface area (Å²) >= 11 is 0. The van der Waals surface area contributed by atoms with Crippen molar-refractivity contribution in [3.05, 3.63) is 40.0 Å². The van der Waals surface area contributed by atoms with Gasteiger partial charge in [0.25, 0.3) is 0 Å². The van der Waals surface area contributed by atoms with Crippen LogP contribution >= 0.6 is 0 Å². The van der Waals surface area contributed by atoms with Gasteiger partial charge in [-0.25, -0.2) is 9.48 Å². The fraction of sp³-hybridized carbons (Fsp3) is 0.300. The highest BCUT2D eigenvalue weighted by atomic mass is 16.6. The van der Waals surface area contributed by atoms with E-state index in [1.165, 1.54) is 10.9 Å². The van der Waals surface area contributed by atoms with Gasteiger partial charge in [-0.3, -0.25) is 14.8 Å². The second-order valence-corrected chi connectivity index (χ2v) is 3.85. The van der Waals surface area contributed by atoms with E-state index in [2.05, 4.69) is 14.9 Å². The Morgan fingerprint density at radius 2 is 2.21 bits per heavy atom. The first-order valence-electron chi connectivity index (χ1n) is 5.30. The molecule has 0 aliphatic heterocycles. The topological polar surface area (TPSA) is 105 Å². The summed E-state index contributed by atoms with van der Waals surface area (Å²) in [6.45, 7) is 2.04. The van der Waals surface area contributed by atoms with Crippen molar-refractivity contribution in [3.8, 4) is 0 Å². The number of esters is 1. The van der Waals surface area contributed by atoms with E-state index >= 15 is 0 Å². The van der Waals surface area contributed by atoms with Crippen LogP contribution in [0.25, 0.3) is 0 Å². The number of rotatable bonds is 4. The Labute approximate surface area is 107 Å². The number of carbonyl (C=O) groups excluding carboxylic acids is 1. The molecule has 0 saturated carbocycles. The highest BCUT2D eigenvalue weighted by Gasteiger charge is 2.26. The van der Waals surface area contributed by atoms with E-state index in [0.717, 1.165) is 12.7 Å². The molecule has 9 nitrogen and oxygen atoms in total. The lowest BCUT2D eigenvalue weighted by Gasteiger charge is -1.99. The minimum atomic E-state index is -0.845. The number of carbonyl (C=O) groups is 1. The van der Waals surface area contributed by atoms with Crippen molar-refractivity contribution in [2.24, 2.45) is 0 Å². The molecule has 2 rings (SSSR count). The van der Waals surface area contributed by atoms with Crippen LogP contribution in [0.5, 0.6) is 0 Å². The molecule has 0 saturated heterocycles. The van der Waals surface area contributed by atoms with Crippen LogP contribution in [-0.2, 0) is 11.4 Å². The van der Waals surface area contributed by atoms with Gasteiger partial charge in [-0.2, -0.15) is 10.2 Å². The minimum absolute atomic E-state index is 0.172. The van der Waals surface area contributed by atoms with Gasteiger partial charge in [0.05, 0.1) is 18.2 Å². The Balaban J connectivity index is 2.32. The number of hydrogen-bond donors (Lipinski definition) is 0. The normalized spacial score (nSPS) is 10.4. The molecular weight excluding hydrogens is 254 g/mol. The molecule has 0 aliphatic carbocycles. The highest BCUT2D eigenvalue weighted by Crippen LogP contribution is 2.17. The zero-order chi connectivity index (χ0) is 14.0. The number of nitrogens with zero attached hydrogens (tertiary/aromatic N) is 5. The molecule has 0 amide bonds. The minimum Gasteiger partial charge on any atom is -0.464 e. The van der Waals surface area contributed by atoms with Crippen LogP contribution in [0.3, 0.4) is 0 Å². The van der Waals surface area contributed by atoms with Gasteiger partial charge < -0.3 is 4.74 Å². The van der Waals surface area contributed by atoms with Crippen molar-refractivity contribution in [1.82, 2.24) is 19.6 Å². The molecule has 19 heavy (non-hydrogen) atoms. The first-order valence-corrected chi connectivity index (χ1v) is 5.30. The van der Waals surface area contributed by atoms with Crippen molar-refractivity contribution >= 4 is 11.7 Å². The van der Waals surface area contributed by atoms with E-state index in [9.17, 15) is 14.9 Å². The summed E-state index contributed by atoms with van der Waals surface area (Å²) in [5.74, 6) is -0.845. The van der Waals surface area contributed by atoms with Crippen LogP contribution in [0.15, 0.2) is 18.6 Å². The molecule has 0 unspecified atom stereocenters. The van der Waals surface area contributed by atoms with E-state index in [4.69, 9.17) is 0 Å². The van der Waals surface area contributed by atoms with Gasteiger partial charge in [-0.05, 0) is 12.5 Å². The maximum Gasteiger partial charge on any atom is 0.365 e. The zero-order valence-electron chi connectivity index (χ0n) is 10.3. The molecule has 0 spiro atoms. The molecule has 0 atom stereocenters. The van der Waals surface area contributed by atoms with Crippen molar-refractivity contribution in [1.29, 1.82) is 0 Å². The van der Waals surface area contributed by atoms with Crippen LogP contribution in [0, 0.1) is 17.0 Å². The number of aryl methyl sites for hydroxylation is 1. The van der Waals surface area contributed by atoms with Crippen LogP contribution < -0.4 is 0 Å². The predicted molar refractivity (Wildman–Crippen MR) is 62.6 cm³/mol. The summed E-state index contributed by atoms with van der Waals surface area (Å²) in [4.78, 5) is 21.5. The van der Waals surface area contributed by atoms with Crippen molar-refractivity contribution in [2.75, 3.05) is 7.11 Å². The molecule has 9 heteroatoms. The fourth-order valence-electron chi connectivity index (χ4n) is 1.55. The van der Waals surface area contributed by atoms with Gasteiger partial charge >= 0.3 is 11.7 Å². The second kappa shape index (κ2) is 4.88. The maximum absolute atomic E-state index is 11.4. The SMILES string of the molecule is COC(=O)c1nn(Cn2cc(C)cn2)cc1[N+](=O)[O-]. The van der Waals surface area contributed by atoms with Gasteiger partial charge in [0, 0.05) is 6.20 Å². The number of nitro groups is 1. The third-order valence-corrected chi connectivity index (χ3v) is 2.37. The summed E-state index contributed by atoms with van der Waals surface area (Å²) in [5, 5.41) is 18.7. The summed E-state index contributed by atoms with van der Waals surface area (Å²) < 4.78 is 7.26. The zero-order valence-corrected chi connectivity index (χ0v) is 10.3. The number of aromatic nitrogens is 4. The molecule has 2 aromatic heterocycles. The van der Waals surface area contributed by atoms with Gasteiger partial charge in [-0.1, -0.05) is 0 Å². The summed E-state index contributed by atoms with van der Waals surface area (Å²) in [6, 6.07) is 0. The molecule has 0 fully saturated rings. The number of hydrogen-bond acceptors (Lipinski definition) is 6. The lowest BCUT2D eigenvalue weighted by atomic mass is 10.4. The lowest BCUT2D eigenvalue weighted by molar-refractivity contribution is -0.385. The molecule has 2 heterocycles. The predicted octanol–water partition coefficient (Wildman–Crippen LogP) is 0.589. The van der Waals surface area contributed by atoms with Gasteiger partial charge in [-0.15, -0.1) is 0 Å². The smallest absolute Gasteiger partial charge is 0.365 e. The summed E-state index contributed by atoms with van der Waals surface area (Å²) in [7, 11) is 1.14. The van der Waals surface area contributed by atoms with E-state index < -0.39 is 16.6 Å². The van der Waals surface area contributed by atoms with Gasteiger partial charge in [0.15, 0.2) is 0 Å². The van der Waals surface area contributed by atoms with Gasteiger partial charge in [0.1, 0.15) is 12.9 Å². The van der Waals surface area contributed by atoms with Crippen LogP contribution in [0.4, 0.5) is 5.69 Å². The third kappa shape index (κ3) is 2.59. The van der Waals surface area contributed by atoms with Crippen LogP contribution in [0.2, 0.25) is 0 Å². The van der Waals surface area contributed by atoms with Crippen molar-refractivity contribution < 1.29 is 14.5 Å². The van der Waals surface area contributed by atoms with E-state index in [1.54, 1.807) is 17.1 Å². The molecular formula is C10H11N5O4. The Bertz CT molecular complexity index is 630. The quantitative estimate of drug-likeness (QED) is 0.455. The number of ether oxygens (including phenoxy) is 1. The Kier molecular flexibility index (Phi) is 3.27. The van der Waals surface area contributed by atoms with E-state index in [0.29, 0.717) is 0 Å². The highest BCUT2D eigenvalue weighted by molar-refractivity contribution is 5.91. The molecule has 0 aromatic carbocycles. The molecule has 2 aromatic rings. The lowest BCUT2D eigenvalue weighted by Crippen LogP contribution is -2.11. The third-order valence-electron chi connectivity index (χ3n) is 2.37. The molecule has 0 radical (unpaired) electrons. The van der Waals surface area contributed by atoms with E-state index in [1.807, 2.05) is 6.92 Å². The molecule has 0 aliphatic rings. The van der Waals surface area contributed by atoms with Crippen LogP contribution in [-0.4, -0.2) is 37.6 Å². The largest absolute Gasteiger partial charge is 0.464 e. The Morgan fingerprint density at radius 1 is 1.47 bits per heavy atom. The first kappa shape index (κ1) is 12.7. The Hall–Kier alpha value is -2.71. The number of methoxy groups -OCH3 is 1. The monoisotopic (exact) mass is 265 g/mol.